The van der Waals surface area contributed by atoms with Crippen molar-refractivity contribution in [2.45, 2.75) is 77.0 Å². The fourth-order valence-corrected chi connectivity index (χ4v) is 16.8. The van der Waals surface area contributed by atoms with E-state index in [0.29, 0.717) is 0 Å². The Bertz CT molecular complexity index is 4850. The summed E-state index contributed by atoms with van der Waals surface area (Å²) in [6.45, 7) is 19.6. The van der Waals surface area contributed by atoms with Crippen LogP contribution in [0.4, 0.5) is 34.1 Å². The number of hydrogen-bond donors (Lipinski definition) is 0. The van der Waals surface area contributed by atoms with Crippen LogP contribution in [-0.2, 0) is 21.7 Å². The fraction of sp³-hybridized carbons (Fsp3) is 0.133. The topological polar surface area (TPSA) is 11.4 Å². The van der Waals surface area contributed by atoms with Gasteiger partial charge in [-0.3, -0.25) is 0 Å². The van der Waals surface area contributed by atoms with Crippen molar-refractivity contribution in [2.75, 3.05) is 9.80 Å². The van der Waals surface area contributed by atoms with Crippen LogP contribution in [-0.4, -0.2) is 4.57 Å². The molecule has 14 aromatic rings. The normalized spacial score (nSPS) is 15.4. The van der Waals surface area contributed by atoms with Gasteiger partial charge in [0.1, 0.15) is 0 Å². The first-order valence-electron chi connectivity index (χ1n) is 33.1. The molecule has 0 saturated heterocycles. The molecular formula is C90H71N3. The van der Waals surface area contributed by atoms with Crippen LogP contribution in [0.2, 0.25) is 0 Å². The number of anilines is 6. The Hall–Kier alpha value is -10.7. The van der Waals surface area contributed by atoms with Crippen LogP contribution in [0.1, 0.15) is 99.9 Å². The van der Waals surface area contributed by atoms with Gasteiger partial charge in [-0.2, -0.15) is 0 Å². The Morgan fingerprint density at radius 2 is 0.452 bits per heavy atom. The van der Waals surface area contributed by atoms with E-state index >= 15 is 0 Å². The van der Waals surface area contributed by atoms with Crippen molar-refractivity contribution in [1.82, 2.24) is 4.57 Å². The molecule has 0 spiro atoms. The molecule has 0 saturated carbocycles. The molecular weight excluding hydrogens is 1120 g/mol. The van der Waals surface area contributed by atoms with Gasteiger partial charge in [0.15, 0.2) is 0 Å². The van der Waals surface area contributed by atoms with Gasteiger partial charge in [-0.15, -0.1) is 0 Å². The van der Waals surface area contributed by atoms with Crippen LogP contribution in [0.15, 0.2) is 285 Å². The monoisotopic (exact) mass is 1190 g/mol. The second-order valence-electron chi connectivity index (χ2n) is 28.5. The van der Waals surface area contributed by atoms with E-state index < -0.39 is 0 Å². The predicted molar refractivity (Wildman–Crippen MR) is 391 cm³/mol. The minimum atomic E-state index is -0.331. The van der Waals surface area contributed by atoms with Crippen LogP contribution >= 0.6 is 0 Å². The number of rotatable bonds is 7. The Kier molecular flexibility index (Phi) is 11.8. The summed E-state index contributed by atoms with van der Waals surface area (Å²) in [4.78, 5) is 5.25. The Morgan fingerprint density at radius 3 is 0.731 bits per heavy atom. The molecule has 13 aromatic carbocycles. The molecule has 0 aliphatic carbocycles. The lowest BCUT2D eigenvalue weighted by Gasteiger charge is -2.50. The lowest BCUT2D eigenvalue weighted by molar-refractivity contribution is 0.597. The average Bonchev–Trinajstić information content (AvgIpc) is 1.31. The minimum absolute atomic E-state index is 0.331. The highest BCUT2D eigenvalue weighted by atomic mass is 15.2. The highest BCUT2D eigenvalue weighted by molar-refractivity contribution is 6.12. The number of fused-ring (bicyclic) bond motifs is 11. The van der Waals surface area contributed by atoms with Gasteiger partial charge >= 0.3 is 0 Å². The third-order valence-corrected chi connectivity index (χ3v) is 21.9. The van der Waals surface area contributed by atoms with E-state index in [-0.39, 0.29) is 21.7 Å². The highest BCUT2D eigenvalue weighted by Crippen LogP contribution is 2.64. The zero-order valence-electron chi connectivity index (χ0n) is 54.0. The number of aromatic nitrogens is 1. The molecule has 0 atom stereocenters. The summed E-state index contributed by atoms with van der Waals surface area (Å²) in [7, 11) is 0. The summed E-state index contributed by atoms with van der Waals surface area (Å²) in [5, 5.41) is 2.46. The van der Waals surface area contributed by atoms with Crippen molar-refractivity contribution >= 4 is 55.9 Å². The molecule has 3 heteroatoms. The second-order valence-corrected chi connectivity index (χ2v) is 28.5. The van der Waals surface area contributed by atoms with Gasteiger partial charge in [0.25, 0.3) is 0 Å². The molecule has 5 heterocycles. The van der Waals surface area contributed by atoms with E-state index in [4.69, 9.17) is 0 Å². The van der Waals surface area contributed by atoms with Gasteiger partial charge in [0.05, 0.1) is 45.2 Å². The summed E-state index contributed by atoms with van der Waals surface area (Å²) in [6, 6.07) is 108. The van der Waals surface area contributed by atoms with Crippen molar-refractivity contribution in [2.24, 2.45) is 0 Å². The molecule has 4 aliphatic heterocycles. The van der Waals surface area contributed by atoms with Gasteiger partial charge in [-0.1, -0.05) is 256 Å². The first-order chi connectivity index (χ1) is 45.1. The maximum absolute atomic E-state index is 2.63. The van der Waals surface area contributed by atoms with E-state index in [0.717, 1.165) is 5.69 Å². The van der Waals surface area contributed by atoms with Crippen LogP contribution in [0.3, 0.4) is 0 Å². The first-order valence-corrected chi connectivity index (χ1v) is 33.1. The largest absolute Gasteiger partial charge is 0.309 e. The molecule has 93 heavy (non-hydrogen) atoms. The molecule has 0 fully saturated rings. The summed E-state index contributed by atoms with van der Waals surface area (Å²) in [6.07, 6.45) is 0. The van der Waals surface area contributed by atoms with Gasteiger partial charge in [0.2, 0.25) is 0 Å². The third-order valence-electron chi connectivity index (χ3n) is 21.9. The summed E-state index contributed by atoms with van der Waals surface area (Å²) < 4.78 is 2.47. The number of para-hydroxylation sites is 1. The van der Waals surface area contributed by atoms with E-state index in [2.05, 4.69) is 355 Å². The minimum Gasteiger partial charge on any atom is -0.309 e. The molecule has 0 N–H and O–H groups in total. The van der Waals surface area contributed by atoms with Crippen molar-refractivity contribution in [3.8, 4) is 72.4 Å². The molecule has 0 amide bonds. The molecule has 4 aliphatic rings. The Morgan fingerprint density at radius 1 is 0.204 bits per heavy atom. The van der Waals surface area contributed by atoms with E-state index in [1.165, 1.54) is 167 Å². The number of benzene rings is 13. The van der Waals surface area contributed by atoms with Gasteiger partial charge in [0, 0.05) is 38.1 Å². The lowest BCUT2D eigenvalue weighted by Crippen LogP contribution is -2.38. The van der Waals surface area contributed by atoms with E-state index in [9.17, 15) is 0 Å². The molecule has 0 bridgehead atoms. The standard InChI is InChI=1S/C90H71N3/c1-87(2)71-40-34-62(56-24-14-9-15-25-56)52-81(71)92-82-53-63(57-26-16-10-17-27-57)35-41-72(82)88(3,4)76-49-66(48-75(87)85(76)92)60-38-44-79-69(46-60)70-47-61(39-45-80(70)91(79)68-32-22-13-23-33-68)67-50-77-86-78(51-67)90(7,8)74-43-37-65(59-30-20-12-21-31-59)55-84(74)93(86)83-54-64(58-28-18-11-19-29-58)36-42-73(83)89(77,5)6/h9-55H,1-8H3. The van der Waals surface area contributed by atoms with Crippen LogP contribution < -0.4 is 9.80 Å². The summed E-state index contributed by atoms with van der Waals surface area (Å²) in [5.41, 5.74) is 35.0. The molecule has 0 unspecified atom stereocenters. The van der Waals surface area contributed by atoms with Gasteiger partial charge in [-0.25, -0.2) is 0 Å². The van der Waals surface area contributed by atoms with Crippen molar-refractivity contribution in [1.29, 1.82) is 0 Å². The number of nitrogens with zero attached hydrogens (tertiary/aromatic N) is 3. The fourth-order valence-electron chi connectivity index (χ4n) is 16.8. The van der Waals surface area contributed by atoms with Crippen LogP contribution in [0, 0.1) is 0 Å². The molecule has 18 rings (SSSR count). The Labute approximate surface area is 546 Å². The van der Waals surface area contributed by atoms with Crippen molar-refractivity contribution < 1.29 is 0 Å². The van der Waals surface area contributed by atoms with Crippen molar-refractivity contribution in [3.63, 3.8) is 0 Å². The van der Waals surface area contributed by atoms with Gasteiger partial charge in [-0.05, 0) is 196 Å². The number of hydrogen-bond acceptors (Lipinski definition) is 2. The SMILES string of the molecule is CC1(C)c2ccc(-c3ccccc3)cc2N2c3cc(-c4ccccc4)ccc3C(C)(C)c3cc(-c4ccc5c(c4)c4cc(-c6cc7c8c(c6)C(C)(C)c6ccc(-c9ccccc9)cc6N8c6cc(-c8ccccc8)ccc6C7(C)C)ccc4n5-c4ccccc4)cc1c32. The predicted octanol–water partition coefficient (Wildman–Crippen LogP) is 24.3. The molecule has 3 nitrogen and oxygen atoms in total. The molecule has 1 aromatic heterocycles. The van der Waals surface area contributed by atoms with Gasteiger partial charge < -0.3 is 14.4 Å². The molecule has 446 valence electrons. The maximum Gasteiger partial charge on any atom is 0.0544 e. The van der Waals surface area contributed by atoms with Crippen LogP contribution in [0.25, 0.3) is 94.3 Å². The zero-order chi connectivity index (χ0) is 62.9. The average molecular weight is 1190 g/mol. The second kappa shape index (κ2) is 19.9. The smallest absolute Gasteiger partial charge is 0.0544 e. The lowest BCUT2D eigenvalue weighted by atomic mass is 9.65. The summed E-state index contributed by atoms with van der Waals surface area (Å²) >= 11 is 0. The highest BCUT2D eigenvalue weighted by Gasteiger charge is 2.48. The van der Waals surface area contributed by atoms with Crippen molar-refractivity contribution in [3.05, 3.63) is 330 Å². The quantitative estimate of drug-likeness (QED) is 0.158. The van der Waals surface area contributed by atoms with E-state index in [1.54, 1.807) is 0 Å². The maximum atomic E-state index is 2.63. The van der Waals surface area contributed by atoms with Crippen LogP contribution in [0.5, 0.6) is 0 Å². The zero-order valence-corrected chi connectivity index (χ0v) is 54.0. The van der Waals surface area contributed by atoms with E-state index in [1.807, 2.05) is 0 Å². The molecule has 0 radical (unpaired) electrons. The first kappa shape index (κ1) is 55.1. The Balaban J connectivity index is 0.830. The summed E-state index contributed by atoms with van der Waals surface area (Å²) in [5.74, 6) is 0. The third kappa shape index (κ3) is 8.09.